The number of hydrogen-bond acceptors (Lipinski definition) is 2. The highest BCUT2D eigenvalue weighted by Crippen LogP contribution is 2.34. The molecule has 1 saturated heterocycles. The van der Waals surface area contributed by atoms with Gasteiger partial charge in [0.1, 0.15) is 11.6 Å². The fraction of sp³-hybridized carbons (Fsp3) is 0.882. The maximum Gasteiger partial charge on any atom is 0.248 e. The third kappa shape index (κ3) is 2.95. The topological polar surface area (TPSA) is 49.4 Å². The molecule has 0 aromatic heterocycles. The molecule has 1 aliphatic carbocycles. The Morgan fingerprint density at radius 3 is 2.48 bits per heavy atom. The Bertz CT molecular complexity index is 421. The molecule has 0 radical (unpaired) electrons. The first-order valence-corrected chi connectivity index (χ1v) is 8.43. The van der Waals surface area contributed by atoms with Gasteiger partial charge in [-0.05, 0) is 37.5 Å². The number of hydrogen-bond donors (Lipinski definition) is 1. The summed E-state index contributed by atoms with van der Waals surface area (Å²) in [4.78, 5) is 27.3. The second kappa shape index (κ2) is 5.98. The largest absolute Gasteiger partial charge is 0.340 e. The van der Waals surface area contributed by atoms with Crippen molar-refractivity contribution < 1.29 is 9.59 Å². The zero-order valence-electron chi connectivity index (χ0n) is 14.1. The highest BCUT2D eigenvalue weighted by atomic mass is 16.2. The SMILES string of the molecule is CCC1(C)NC(=O)C(C(C)C)N(CC2CCCC2C)C1=O. The highest BCUT2D eigenvalue weighted by Gasteiger charge is 2.48. The molecule has 1 N–H and O–H groups in total. The van der Waals surface area contributed by atoms with Gasteiger partial charge in [0.15, 0.2) is 0 Å². The quantitative estimate of drug-likeness (QED) is 0.866. The molecule has 1 aliphatic heterocycles. The molecule has 1 heterocycles. The highest BCUT2D eigenvalue weighted by molar-refractivity contribution is 5.99. The summed E-state index contributed by atoms with van der Waals surface area (Å²) in [6.45, 7) is 10.9. The van der Waals surface area contributed by atoms with E-state index >= 15 is 0 Å². The summed E-state index contributed by atoms with van der Waals surface area (Å²) in [6.07, 6.45) is 4.31. The second-order valence-electron chi connectivity index (χ2n) is 7.49. The van der Waals surface area contributed by atoms with Crippen LogP contribution in [0.25, 0.3) is 0 Å². The summed E-state index contributed by atoms with van der Waals surface area (Å²) in [7, 11) is 0. The summed E-state index contributed by atoms with van der Waals surface area (Å²) in [5.41, 5.74) is -0.732. The summed E-state index contributed by atoms with van der Waals surface area (Å²) in [5.74, 6) is 1.46. The van der Waals surface area contributed by atoms with Crippen molar-refractivity contribution in [1.29, 1.82) is 0 Å². The van der Waals surface area contributed by atoms with Crippen molar-refractivity contribution in [3.8, 4) is 0 Å². The van der Waals surface area contributed by atoms with Gasteiger partial charge in [-0.2, -0.15) is 0 Å². The van der Waals surface area contributed by atoms with E-state index in [0.29, 0.717) is 18.3 Å². The third-order valence-corrected chi connectivity index (χ3v) is 5.55. The molecule has 4 unspecified atom stereocenters. The lowest BCUT2D eigenvalue weighted by atomic mass is 9.86. The van der Waals surface area contributed by atoms with Crippen LogP contribution >= 0.6 is 0 Å². The van der Waals surface area contributed by atoms with E-state index in [9.17, 15) is 9.59 Å². The number of carbonyl (C=O) groups is 2. The van der Waals surface area contributed by atoms with Crippen molar-refractivity contribution in [2.75, 3.05) is 6.54 Å². The number of nitrogens with one attached hydrogen (secondary N) is 1. The maximum absolute atomic E-state index is 12.9. The van der Waals surface area contributed by atoms with E-state index in [1.54, 1.807) is 0 Å². The number of rotatable bonds is 4. The predicted molar refractivity (Wildman–Crippen MR) is 83.7 cm³/mol. The van der Waals surface area contributed by atoms with Crippen LogP contribution in [0.2, 0.25) is 0 Å². The molecule has 4 atom stereocenters. The molecule has 2 amide bonds. The predicted octanol–water partition coefficient (Wildman–Crippen LogP) is 2.57. The van der Waals surface area contributed by atoms with Crippen LogP contribution in [0.4, 0.5) is 0 Å². The van der Waals surface area contributed by atoms with E-state index in [4.69, 9.17) is 0 Å². The molecule has 4 heteroatoms. The van der Waals surface area contributed by atoms with Gasteiger partial charge in [0.05, 0.1) is 0 Å². The van der Waals surface area contributed by atoms with E-state index in [0.717, 1.165) is 6.54 Å². The number of carbonyl (C=O) groups excluding carboxylic acids is 2. The lowest BCUT2D eigenvalue weighted by Crippen LogP contribution is -2.70. The number of piperazine rings is 1. The third-order valence-electron chi connectivity index (χ3n) is 5.55. The molecule has 0 spiro atoms. The Morgan fingerprint density at radius 2 is 2.00 bits per heavy atom. The van der Waals surface area contributed by atoms with E-state index in [1.807, 2.05) is 32.6 Å². The number of amides is 2. The summed E-state index contributed by atoms with van der Waals surface area (Å²) in [6, 6.07) is -0.315. The Morgan fingerprint density at radius 1 is 1.33 bits per heavy atom. The van der Waals surface area contributed by atoms with Crippen molar-refractivity contribution in [1.82, 2.24) is 10.2 Å². The van der Waals surface area contributed by atoms with Crippen LogP contribution in [0, 0.1) is 17.8 Å². The molecular weight excluding hydrogens is 264 g/mol. The molecule has 1 saturated carbocycles. The van der Waals surface area contributed by atoms with Crippen molar-refractivity contribution in [3.05, 3.63) is 0 Å². The molecule has 120 valence electrons. The van der Waals surface area contributed by atoms with E-state index < -0.39 is 5.54 Å². The molecule has 0 aromatic carbocycles. The Balaban J connectivity index is 2.26. The molecule has 0 bridgehead atoms. The van der Waals surface area contributed by atoms with Gasteiger partial charge in [-0.15, -0.1) is 0 Å². The second-order valence-corrected chi connectivity index (χ2v) is 7.49. The fourth-order valence-electron chi connectivity index (χ4n) is 3.83. The van der Waals surface area contributed by atoms with Crippen molar-refractivity contribution in [2.45, 2.75) is 71.9 Å². The van der Waals surface area contributed by atoms with Gasteiger partial charge in [0.25, 0.3) is 0 Å². The molecule has 2 fully saturated rings. The lowest BCUT2D eigenvalue weighted by Gasteiger charge is -2.46. The van der Waals surface area contributed by atoms with Gasteiger partial charge in [-0.1, -0.05) is 40.5 Å². The molecule has 4 nitrogen and oxygen atoms in total. The monoisotopic (exact) mass is 294 g/mol. The van der Waals surface area contributed by atoms with Crippen LogP contribution in [0.5, 0.6) is 0 Å². The minimum absolute atomic E-state index is 0.0135. The first-order valence-electron chi connectivity index (χ1n) is 8.43. The Labute approximate surface area is 128 Å². The average molecular weight is 294 g/mol. The minimum atomic E-state index is -0.732. The first kappa shape index (κ1) is 16.3. The lowest BCUT2D eigenvalue weighted by molar-refractivity contribution is -0.157. The van der Waals surface area contributed by atoms with Crippen LogP contribution in [-0.4, -0.2) is 34.8 Å². The van der Waals surface area contributed by atoms with Crippen LogP contribution in [-0.2, 0) is 9.59 Å². The van der Waals surface area contributed by atoms with Crippen LogP contribution in [0.15, 0.2) is 0 Å². The van der Waals surface area contributed by atoms with Gasteiger partial charge in [0.2, 0.25) is 11.8 Å². The van der Waals surface area contributed by atoms with E-state index in [1.165, 1.54) is 19.3 Å². The van der Waals surface area contributed by atoms with Crippen molar-refractivity contribution >= 4 is 11.8 Å². The fourth-order valence-corrected chi connectivity index (χ4v) is 3.83. The van der Waals surface area contributed by atoms with Gasteiger partial charge in [0, 0.05) is 6.54 Å². The summed E-state index contributed by atoms with van der Waals surface area (Å²) in [5, 5.41) is 2.96. The standard InChI is InChI=1S/C17H30N2O2/c1-6-17(5)16(21)19(10-13-9-7-8-12(13)4)14(11(2)3)15(20)18-17/h11-14H,6-10H2,1-5H3,(H,18,20). The van der Waals surface area contributed by atoms with Gasteiger partial charge in [-0.3, -0.25) is 9.59 Å². The molecule has 21 heavy (non-hydrogen) atoms. The Kier molecular flexibility index (Phi) is 4.64. The first-order chi connectivity index (χ1) is 9.80. The van der Waals surface area contributed by atoms with Crippen molar-refractivity contribution in [3.63, 3.8) is 0 Å². The van der Waals surface area contributed by atoms with Gasteiger partial charge < -0.3 is 10.2 Å². The van der Waals surface area contributed by atoms with Gasteiger partial charge >= 0.3 is 0 Å². The van der Waals surface area contributed by atoms with Crippen LogP contribution < -0.4 is 5.32 Å². The number of nitrogens with zero attached hydrogens (tertiary/aromatic N) is 1. The minimum Gasteiger partial charge on any atom is -0.340 e. The van der Waals surface area contributed by atoms with E-state index in [-0.39, 0.29) is 23.8 Å². The average Bonchev–Trinajstić information content (AvgIpc) is 2.80. The van der Waals surface area contributed by atoms with Crippen LogP contribution in [0.3, 0.4) is 0 Å². The van der Waals surface area contributed by atoms with E-state index in [2.05, 4.69) is 12.2 Å². The molecule has 0 aromatic rings. The Hall–Kier alpha value is -1.06. The normalized spacial score (nSPS) is 37.2. The van der Waals surface area contributed by atoms with Crippen LogP contribution in [0.1, 0.15) is 60.3 Å². The van der Waals surface area contributed by atoms with Gasteiger partial charge in [-0.25, -0.2) is 0 Å². The maximum atomic E-state index is 12.9. The van der Waals surface area contributed by atoms with Crippen molar-refractivity contribution in [2.24, 2.45) is 17.8 Å². The molecule has 2 aliphatic rings. The zero-order chi connectivity index (χ0) is 15.8. The molecule has 2 rings (SSSR count). The summed E-state index contributed by atoms with van der Waals surface area (Å²) < 4.78 is 0. The summed E-state index contributed by atoms with van der Waals surface area (Å²) >= 11 is 0. The zero-order valence-corrected chi connectivity index (χ0v) is 14.1. The molecular formula is C17H30N2O2. The smallest absolute Gasteiger partial charge is 0.248 e.